The number of hydrogen-bond donors (Lipinski definition) is 1. The maximum absolute atomic E-state index is 4.90. The van der Waals surface area contributed by atoms with Gasteiger partial charge in [0.25, 0.3) is 0 Å². The number of fused-ring (bicyclic) bond motifs is 1. The summed E-state index contributed by atoms with van der Waals surface area (Å²) in [6, 6.07) is 8.67. The van der Waals surface area contributed by atoms with Gasteiger partial charge < -0.3 is 5.32 Å². The molecule has 0 radical (unpaired) electrons. The lowest BCUT2D eigenvalue weighted by molar-refractivity contribution is 0.875. The molecular formula is C17H17N3S. The molecule has 1 aliphatic rings. The minimum atomic E-state index is 0.995. The molecule has 0 aliphatic carbocycles. The number of benzene rings is 1. The van der Waals surface area contributed by atoms with Crippen LogP contribution in [0.15, 0.2) is 35.0 Å². The monoisotopic (exact) mass is 295 g/mol. The van der Waals surface area contributed by atoms with Crippen molar-refractivity contribution in [2.75, 3.05) is 11.9 Å². The Bertz CT molecular complexity index is 800. The van der Waals surface area contributed by atoms with Crippen LogP contribution in [0.1, 0.15) is 16.7 Å². The first kappa shape index (κ1) is 12.7. The van der Waals surface area contributed by atoms with Gasteiger partial charge in [-0.05, 0) is 43.3 Å². The number of rotatable bonds is 2. The van der Waals surface area contributed by atoms with E-state index < -0.39 is 0 Å². The molecule has 0 saturated heterocycles. The molecule has 0 spiro atoms. The highest BCUT2D eigenvalue weighted by atomic mass is 32.1. The molecule has 4 heteroatoms. The van der Waals surface area contributed by atoms with Gasteiger partial charge in [0.2, 0.25) is 0 Å². The van der Waals surface area contributed by atoms with E-state index in [0.717, 1.165) is 30.2 Å². The Morgan fingerprint density at radius 2 is 2.14 bits per heavy atom. The molecule has 0 unspecified atom stereocenters. The summed E-state index contributed by atoms with van der Waals surface area (Å²) in [6.07, 6.45) is 1.05. The fourth-order valence-corrected chi connectivity index (χ4v) is 3.66. The van der Waals surface area contributed by atoms with Crippen molar-refractivity contribution in [3.05, 3.63) is 51.7 Å². The SMILES string of the molecule is Cc1ccc(-n2nc(-c3ccsc3)c3c2NCC3)c(C)c1. The van der Waals surface area contributed by atoms with Crippen molar-refractivity contribution in [3.8, 4) is 16.9 Å². The molecule has 0 saturated carbocycles. The van der Waals surface area contributed by atoms with Crippen LogP contribution < -0.4 is 5.32 Å². The highest BCUT2D eigenvalue weighted by molar-refractivity contribution is 7.08. The first-order valence-electron chi connectivity index (χ1n) is 7.20. The lowest BCUT2D eigenvalue weighted by Gasteiger charge is -2.10. The quantitative estimate of drug-likeness (QED) is 0.768. The van der Waals surface area contributed by atoms with E-state index in [2.05, 4.69) is 58.9 Å². The van der Waals surface area contributed by atoms with Crippen LogP contribution in [0.5, 0.6) is 0 Å². The van der Waals surface area contributed by atoms with E-state index in [-0.39, 0.29) is 0 Å². The molecular weight excluding hydrogens is 278 g/mol. The van der Waals surface area contributed by atoms with Gasteiger partial charge in [0.1, 0.15) is 5.82 Å². The molecule has 1 aromatic carbocycles. The predicted octanol–water partition coefficient (Wildman–Crippen LogP) is 4.19. The average Bonchev–Trinajstić information content (AvgIpc) is 3.15. The molecule has 4 rings (SSSR count). The standard InChI is InChI=1S/C17H17N3S/c1-11-3-4-15(12(2)9-11)20-17-14(5-7-18-17)16(19-20)13-6-8-21-10-13/h3-4,6,8-10,18H,5,7H2,1-2H3. The summed E-state index contributed by atoms with van der Waals surface area (Å²) < 4.78 is 2.07. The maximum Gasteiger partial charge on any atom is 0.133 e. The Morgan fingerprint density at radius 3 is 2.90 bits per heavy atom. The zero-order valence-corrected chi connectivity index (χ0v) is 13.0. The lowest BCUT2D eigenvalue weighted by atomic mass is 10.1. The molecule has 1 N–H and O–H groups in total. The average molecular weight is 295 g/mol. The van der Waals surface area contributed by atoms with E-state index in [4.69, 9.17) is 5.10 Å². The second kappa shape index (κ2) is 4.74. The molecule has 0 fully saturated rings. The maximum atomic E-state index is 4.90. The summed E-state index contributed by atoms with van der Waals surface area (Å²) in [7, 11) is 0. The van der Waals surface area contributed by atoms with Crippen LogP contribution >= 0.6 is 11.3 Å². The van der Waals surface area contributed by atoms with Gasteiger partial charge in [0, 0.05) is 23.1 Å². The van der Waals surface area contributed by atoms with E-state index >= 15 is 0 Å². The Balaban J connectivity index is 1.92. The van der Waals surface area contributed by atoms with Crippen molar-refractivity contribution in [2.45, 2.75) is 20.3 Å². The van der Waals surface area contributed by atoms with E-state index in [1.807, 2.05) is 0 Å². The van der Waals surface area contributed by atoms with Crippen LogP contribution in [0.25, 0.3) is 16.9 Å². The van der Waals surface area contributed by atoms with Crippen LogP contribution in [0.2, 0.25) is 0 Å². The summed E-state index contributed by atoms with van der Waals surface area (Å²) >= 11 is 1.72. The summed E-state index contributed by atoms with van der Waals surface area (Å²) in [5.41, 5.74) is 7.39. The van der Waals surface area contributed by atoms with E-state index in [1.54, 1.807) is 11.3 Å². The van der Waals surface area contributed by atoms with Crippen molar-refractivity contribution in [2.24, 2.45) is 0 Å². The topological polar surface area (TPSA) is 29.9 Å². The van der Waals surface area contributed by atoms with E-state index in [0.29, 0.717) is 0 Å². The Morgan fingerprint density at radius 1 is 1.24 bits per heavy atom. The summed E-state index contributed by atoms with van der Waals surface area (Å²) in [4.78, 5) is 0. The van der Waals surface area contributed by atoms with Crippen molar-refractivity contribution in [3.63, 3.8) is 0 Å². The van der Waals surface area contributed by atoms with Gasteiger partial charge in [0.05, 0.1) is 11.4 Å². The Hall–Kier alpha value is -2.07. The number of aryl methyl sites for hydroxylation is 2. The highest BCUT2D eigenvalue weighted by Gasteiger charge is 2.24. The van der Waals surface area contributed by atoms with Gasteiger partial charge in [-0.3, -0.25) is 0 Å². The summed E-state index contributed by atoms with van der Waals surface area (Å²) in [5.74, 6) is 1.16. The van der Waals surface area contributed by atoms with Crippen molar-refractivity contribution in [1.82, 2.24) is 9.78 Å². The smallest absolute Gasteiger partial charge is 0.133 e. The van der Waals surface area contributed by atoms with Crippen molar-refractivity contribution in [1.29, 1.82) is 0 Å². The van der Waals surface area contributed by atoms with Gasteiger partial charge in [-0.15, -0.1) is 0 Å². The second-order valence-corrected chi connectivity index (χ2v) is 6.35. The first-order chi connectivity index (χ1) is 10.2. The molecule has 1 aliphatic heterocycles. The zero-order chi connectivity index (χ0) is 14.4. The van der Waals surface area contributed by atoms with Crippen molar-refractivity contribution < 1.29 is 0 Å². The largest absolute Gasteiger partial charge is 0.369 e. The molecule has 3 aromatic rings. The van der Waals surface area contributed by atoms with Crippen LogP contribution in [0.3, 0.4) is 0 Å². The number of hydrogen-bond acceptors (Lipinski definition) is 3. The van der Waals surface area contributed by atoms with Crippen LogP contribution in [-0.2, 0) is 6.42 Å². The fourth-order valence-electron chi connectivity index (χ4n) is 3.02. The fraction of sp³-hybridized carbons (Fsp3) is 0.235. The van der Waals surface area contributed by atoms with Crippen LogP contribution in [-0.4, -0.2) is 16.3 Å². The minimum absolute atomic E-state index is 0.995. The number of nitrogens with zero attached hydrogens (tertiary/aromatic N) is 2. The lowest BCUT2D eigenvalue weighted by Crippen LogP contribution is -2.05. The number of aromatic nitrogens is 2. The third-order valence-corrected chi connectivity index (χ3v) is 4.71. The number of thiophene rings is 1. The van der Waals surface area contributed by atoms with Gasteiger partial charge in [-0.2, -0.15) is 16.4 Å². The molecule has 106 valence electrons. The van der Waals surface area contributed by atoms with Crippen LogP contribution in [0, 0.1) is 13.8 Å². The first-order valence-corrected chi connectivity index (χ1v) is 8.14. The molecule has 0 bridgehead atoms. The molecule has 3 nitrogen and oxygen atoms in total. The van der Waals surface area contributed by atoms with Gasteiger partial charge >= 0.3 is 0 Å². The number of nitrogens with one attached hydrogen (secondary N) is 1. The zero-order valence-electron chi connectivity index (χ0n) is 12.2. The van der Waals surface area contributed by atoms with Gasteiger partial charge in [-0.1, -0.05) is 17.7 Å². The minimum Gasteiger partial charge on any atom is -0.369 e. The molecule has 21 heavy (non-hydrogen) atoms. The third-order valence-electron chi connectivity index (χ3n) is 4.03. The Labute approximate surface area is 128 Å². The summed E-state index contributed by atoms with van der Waals surface area (Å²) in [5, 5.41) is 12.7. The molecule has 0 atom stereocenters. The van der Waals surface area contributed by atoms with Gasteiger partial charge in [-0.25, -0.2) is 4.68 Å². The normalized spacial score (nSPS) is 13.2. The summed E-state index contributed by atoms with van der Waals surface area (Å²) in [6.45, 7) is 5.27. The molecule has 0 amide bonds. The van der Waals surface area contributed by atoms with E-state index in [9.17, 15) is 0 Å². The number of anilines is 1. The Kier molecular flexibility index (Phi) is 2.86. The second-order valence-electron chi connectivity index (χ2n) is 5.57. The van der Waals surface area contributed by atoms with Crippen molar-refractivity contribution >= 4 is 17.2 Å². The van der Waals surface area contributed by atoms with Crippen LogP contribution in [0.4, 0.5) is 5.82 Å². The highest BCUT2D eigenvalue weighted by Crippen LogP contribution is 2.35. The van der Waals surface area contributed by atoms with E-state index in [1.165, 1.54) is 22.3 Å². The third kappa shape index (κ3) is 1.98. The predicted molar refractivity (Wildman–Crippen MR) is 88.5 cm³/mol. The molecule has 3 heterocycles. The van der Waals surface area contributed by atoms with Gasteiger partial charge in [0.15, 0.2) is 0 Å². The molecule has 2 aromatic heterocycles.